The van der Waals surface area contributed by atoms with Gasteiger partial charge in [-0.2, -0.15) is 13.2 Å². The molecule has 0 aliphatic heterocycles. The predicted molar refractivity (Wildman–Crippen MR) is 72.6 cm³/mol. The minimum Gasteiger partial charge on any atom is -0.385 e. The molecule has 3 nitrogen and oxygen atoms in total. The van der Waals surface area contributed by atoms with E-state index in [1.807, 2.05) is 0 Å². The Morgan fingerprint density at radius 2 is 2.05 bits per heavy atom. The Labute approximate surface area is 123 Å². The number of amides is 1. The lowest BCUT2D eigenvalue weighted by Gasteiger charge is -2.18. The molecule has 20 heavy (non-hydrogen) atoms. The van der Waals surface area contributed by atoms with Crippen LogP contribution in [0, 0.1) is 0 Å². The Kier molecular flexibility index (Phi) is 6.01. The second-order valence-electron chi connectivity index (χ2n) is 4.27. The molecule has 0 aliphatic rings. The van der Waals surface area contributed by atoms with E-state index in [0.29, 0.717) is 19.6 Å². The molecule has 1 rings (SSSR count). The van der Waals surface area contributed by atoms with E-state index < -0.39 is 17.6 Å². The van der Waals surface area contributed by atoms with Gasteiger partial charge < -0.3 is 9.64 Å². The van der Waals surface area contributed by atoms with Crippen molar-refractivity contribution in [3.05, 3.63) is 33.8 Å². The minimum absolute atomic E-state index is 0.0143. The molecule has 0 atom stereocenters. The van der Waals surface area contributed by atoms with Crippen LogP contribution in [0.4, 0.5) is 13.2 Å². The van der Waals surface area contributed by atoms with Gasteiger partial charge in [0.05, 0.1) is 5.56 Å². The average molecular weight is 354 g/mol. The summed E-state index contributed by atoms with van der Waals surface area (Å²) in [5, 5.41) is 0. The summed E-state index contributed by atoms with van der Waals surface area (Å²) in [7, 11) is 3.10. The van der Waals surface area contributed by atoms with E-state index in [-0.39, 0.29) is 10.0 Å². The maximum atomic E-state index is 12.8. The number of benzene rings is 1. The molecule has 0 saturated heterocycles. The highest BCUT2D eigenvalue weighted by Crippen LogP contribution is 2.35. The molecule has 1 aromatic carbocycles. The van der Waals surface area contributed by atoms with Crippen molar-refractivity contribution < 1.29 is 22.7 Å². The van der Waals surface area contributed by atoms with Gasteiger partial charge in [-0.3, -0.25) is 4.79 Å². The van der Waals surface area contributed by atoms with Gasteiger partial charge in [-0.1, -0.05) is 15.9 Å². The summed E-state index contributed by atoms with van der Waals surface area (Å²) < 4.78 is 43.1. The summed E-state index contributed by atoms with van der Waals surface area (Å²) in [6.07, 6.45) is -3.87. The largest absolute Gasteiger partial charge is 0.417 e. The van der Waals surface area contributed by atoms with Crippen LogP contribution >= 0.6 is 15.9 Å². The van der Waals surface area contributed by atoms with Crippen LogP contribution in [0.3, 0.4) is 0 Å². The first-order valence-corrected chi connectivity index (χ1v) is 6.68. The van der Waals surface area contributed by atoms with Gasteiger partial charge in [-0.05, 0) is 24.6 Å². The number of rotatable bonds is 5. The smallest absolute Gasteiger partial charge is 0.385 e. The highest BCUT2D eigenvalue weighted by atomic mass is 79.9. The molecule has 0 N–H and O–H groups in total. The second-order valence-corrected chi connectivity index (χ2v) is 5.12. The first-order valence-electron chi connectivity index (χ1n) is 5.88. The van der Waals surface area contributed by atoms with Crippen LogP contribution in [0.2, 0.25) is 0 Å². The van der Waals surface area contributed by atoms with Crippen LogP contribution in [0.15, 0.2) is 22.7 Å². The fourth-order valence-electron chi connectivity index (χ4n) is 1.64. The third-order valence-corrected chi connectivity index (χ3v) is 3.40. The molecule has 0 saturated carbocycles. The van der Waals surface area contributed by atoms with Gasteiger partial charge in [-0.15, -0.1) is 0 Å². The molecule has 0 fully saturated rings. The zero-order valence-electron chi connectivity index (χ0n) is 11.1. The lowest BCUT2D eigenvalue weighted by molar-refractivity contribution is -0.138. The van der Waals surface area contributed by atoms with Gasteiger partial charge in [0, 0.05) is 37.3 Å². The molecule has 0 heterocycles. The van der Waals surface area contributed by atoms with Crippen molar-refractivity contribution in [2.45, 2.75) is 12.6 Å². The summed E-state index contributed by atoms with van der Waals surface area (Å²) in [5.74, 6) is -0.445. The molecular formula is C13H15BrF3NO2. The number of methoxy groups -OCH3 is 1. The van der Waals surface area contributed by atoms with Gasteiger partial charge in [0.2, 0.25) is 0 Å². The van der Waals surface area contributed by atoms with Crippen LogP contribution in [-0.2, 0) is 10.9 Å². The number of carbonyl (C=O) groups excluding carboxylic acids is 1. The summed E-state index contributed by atoms with van der Waals surface area (Å²) >= 11 is 2.84. The number of carbonyl (C=O) groups is 1. The van der Waals surface area contributed by atoms with Crippen LogP contribution in [0.5, 0.6) is 0 Å². The van der Waals surface area contributed by atoms with Crippen LogP contribution < -0.4 is 0 Å². The van der Waals surface area contributed by atoms with Crippen molar-refractivity contribution in [2.24, 2.45) is 0 Å². The molecule has 1 aromatic rings. The molecule has 0 aliphatic carbocycles. The van der Waals surface area contributed by atoms with E-state index in [1.54, 1.807) is 14.2 Å². The molecule has 0 spiro atoms. The third kappa shape index (κ3) is 4.49. The summed E-state index contributed by atoms with van der Waals surface area (Å²) in [6, 6.07) is 3.47. The quantitative estimate of drug-likeness (QED) is 0.757. The molecule has 0 unspecified atom stereocenters. The highest BCUT2D eigenvalue weighted by Gasteiger charge is 2.33. The van der Waals surface area contributed by atoms with Crippen LogP contribution in [0.1, 0.15) is 22.3 Å². The molecule has 7 heteroatoms. The van der Waals surface area contributed by atoms with Crippen molar-refractivity contribution in [3.63, 3.8) is 0 Å². The van der Waals surface area contributed by atoms with Gasteiger partial charge in [0.15, 0.2) is 0 Å². The highest BCUT2D eigenvalue weighted by molar-refractivity contribution is 9.10. The summed E-state index contributed by atoms with van der Waals surface area (Å²) in [5.41, 5.74) is -0.839. The van der Waals surface area contributed by atoms with E-state index in [1.165, 1.54) is 17.0 Å². The van der Waals surface area contributed by atoms with Gasteiger partial charge in [0.25, 0.3) is 5.91 Å². The van der Waals surface area contributed by atoms with E-state index in [0.717, 1.165) is 6.07 Å². The number of hydrogen-bond acceptors (Lipinski definition) is 2. The fourth-order valence-corrected chi connectivity index (χ4v) is 2.11. The van der Waals surface area contributed by atoms with Crippen molar-refractivity contribution in [1.82, 2.24) is 4.90 Å². The monoisotopic (exact) mass is 353 g/mol. The van der Waals surface area contributed by atoms with Gasteiger partial charge >= 0.3 is 6.18 Å². The van der Waals surface area contributed by atoms with Crippen molar-refractivity contribution in [3.8, 4) is 0 Å². The SMILES string of the molecule is COCCCN(C)C(=O)c1ccc(Br)c(C(F)(F)F)c1. The van der Waals surface area contributed by atoms with Crippen molar-refractivity contribution >= 4 is 21.8 Å². The molecule has 112 valence electrons. The normalized spacial score (nSPS) is 11.5. The summed E-state index contributed by atoms with van der Waals surface area (Å²) in [6.45, 7) is 0.913. The number of halogens is 4. The molecular weight excluding hydrogens is 339 g/mol. The van der Waals surface area contributed by atoms with E-state index in [2.05, 4.69) is 15.9 Å². The van der Waals surface area contributed by atoms with Crippen molar-refractivity contribution in [2.75, 3.05) is 27.3 Å². The van der Waals surface area contributed by atoms with E-state index in [4.69, 9.17) is 4.74 Å². The Balaban J connectivity index is 2.89. The number of hydrogen-bond donors (Lipinski definition) is 0. The predicted octanol–water partition coefficient (Wildman–Crippen LogP) is 3.58. The first-order chi connectivity index (χ1) is 9.27. The number of alkyl halides is 3. The molecule has 0 aromatic heterocycles. The molecule has 0 radical (unpaired) electrons. The Bertz CT molecular complexity index is 477. The second kappa shape index (κ2) is 7.08. The zero-order valence-corrected chi connectivity index (χ0v) is 12.7. The Morgan fingerprint density at radius 3 is 2.60 bits per heavy atom. The molecule has 1 amide bonds. The third-order valence-electron chi connectivity index (χ3n) is 2.71. The average Bonchev–Trinajstić information content (AvgIpc) is 2.37. The van der Waals surface area contributed by atoms with E-state index >= 15 is 0 Å². The number of ether oxygens (including phenoxy) is 1. The summed E-state index contributed by atoms with van der Waals surface area (Å²) in [4.78, 5) is 13.4. The topological polar surface area (TPSA) is 29.5 Å². The Morgan fingerprint density at radius 1 is 1.40 bits per heavy atom. The standard InChI is InChI=1S/C13H15BrF3NO2/c1-18(6-3-7-20-2)12(19)9-4-5-11(14)10(8-9)13(15,16)17/h4-5,8H,3,6-7H2,1-2H3. The fraction of sp³-hybridized carbons (Fsp3) is 0.462. The maximum absolute atomic E-state index is 12.8. The lowest BCUT2D eigenvalue weighted by atomic mass is 10.1. The zero-order chi connectivity index (χ0) is 15.3. The van der Waals surface area contributed by atoms with Crippen LogP contribution in [-0.4, -0.2) is 38.1 Å². The minimum atomic E-state index is -4.50. The maximum Gasteiger partial charge on any atom is 0.417 e. The lowest BCUT2D eigenvalue weighted by Crippen LogP contribution is -2.28. The first kappa shape index (κ1) is 17.0. The molecule has 0 bridgehead atoms. The van der Waals surface area contributed by atoms with Gasteiger partial charge in [-0.25, -0.2) is 0 Å². The number of nitrogens with zero attached hydrogens (tertiary/aromatic N) is 1. The van der Waals surface area contributed by atoms with Crippen molar-refractivity contribution in [1.29, 1.82) is 0 Å². The Hall–Kier alpha value is -1.08. The van der Waals surface area contributed by atoms with Gasteiger partial charge in [0.1, 0.15) is 0 Å². The van der Waals surface area contributed by atoms with E-state index in [9.17, 15) is 18.0 Å². The van der Waals surface area contributed by atoms with Crippen LogP contribution in [0.25, 0.3) is 0 Å².